The van der Waals surface area contributed by atoms with Crippen LogP contribution in [0.15, 0.2) is 12.4 Å². The highest BCUT2D eigenvalue weighted by Gasteiger charge is 2.22. The maximum Gasteiger partial charge on any atom is 0.102 e. The molecular formula is C10H14N4. The quantitative estimate of drug-likeness (QED) is 0.752. The number of nitriles is 1. The van der Waals surface area contributed by atoms with Gasteiger partial charge in [0.25, 0.3) is 0 Å². The Morgan fingerprint density at radius 1 is 1.64 bits per heavy atom. The number of nitrogens with zero attached hydrogens (tertiary/aromatic N) is 3. The van der Waals surface area contributed by atoms with Crippen molar-refractivity contribution in [3.63, 3.8) is 0 Å². The molecule has 0 spiro atoms. The van der Waals surface area contributed by atoms with Crippen LogP contribution in [0.1, 0.15) is 24.8 Å². The molecule has 14 heavy (non-hydrogen) atoms. The number of aromatic nitrogens is 2. The SMILES string of the molecule is N#Cc1cnn(CC2CCC(N)C2)c1. The van der Waals surface area contributed by atoms with E-state index in [2.05, 4.69) is 11.2 Å². The van der Waals surface area contributed by atoms with Crippen molar-refractivity contribution >= 4 is 0 Å². The summed E-state index contributed by atoms with van der Waals surface area (Å²) in [5.41, 5.74) is 6.46. The summed E-state index contributed by atoms with van der Waals surface area (Å²) in [6, 6.07) is 2.44. The third-order valence-electron chi connectivity index (χ3n) is 2.79. The molecule has 2 N–H and O–H groups in total. The summed E-state index contributed by atoms with van der Waals surface area (Å²) in [5, 5.41) is 12.8. The van der Waals surface area contributed by atoms with Crippen LogP contribution in [0.2, 0.25) is 0 Å². The zero-order valence-electron chi connectivity index (χ0n) is 8.06. The molecule has 1 heterocycles. The Hall–Kier alpha value is -1.34. The molecule has 4 heteroatoms. The van der Waals surface area contributed by atoms with Crippen LogP contribution in [0.25, 0.3) is 0 Å². The zero-order chi connectivity index (χ0) is 9.97. The molecule has 2 rings (SSSR count). The fourth-order valence-electron chi connectivity index (χ4n) is 2.07. The van der Waals surface area contributed by atoms with E-state index in [1.165, 1.54) is 6.42 Å². The minimum Gasteiger partial charge on any atom is -0.328 e. The fourth-order valence-corrected chi connectivity index (χ4v) is 2.07. The van der Waals surface area contributed by atoms with Crippen LogP contribution in [-0.4, -0.2) is 15.8 Å². The Labute approximate surface area is 83.3 Å². The predicted molar refractivity (Wildman–Crippen MR) is 52.3 cm³/mol. The first-order chi connectivity index (χ1) is 6.78. The van der Waals surface area contributed by atoms with Crippen molar-refractivity contribution < 1.29 is 0 Å². The van der Waals surface area contributed by atoms with Crippen LogP contribution >= 0.6 is 0 Å². The summed E-state index contributed by atoms with van der Waals surface area (Å²) < 4.78 is 1.85. The molecule has 74 valence electrons. The van der Waals surface area contributed by atoms with E-state index in [0.29, 0.717) is 17.5 Å². The molecule has 1 fully saturated rings. The van der Waals surface area contributed by atoms with Gasteiger partial charge in [-0.1, -0.05) is 0 Å². The van der Waals surface area contributed by atoms with Gasteiger partial charge in [-0.05, 0) is 25.2 Å². The summed E-state index contributed by atoms with van der Waals surface area (Å²) in [5.74, 6) is 0.636. The van der Waals surface area contributed by atoms with Crippen molar-refractivity contribution in [2.45, 2.75) is 31.8 Å². The van der Waals surface area contributed by atoms with Gasteiger partial charge in [-0.3, -0.25) is 4.68 Å². The Balaban J connectivity index is 1.95. The molecule has 1 saturated carbocycles. The second-order valence-corrected chi connectivity index (χ2v) is 4.00. The van der Waals surface area contributed by atoms with Crippen molar-refractivity contribution in [1.29, 1.82) is 5.26 Å². The molecule has 2 unspecified atom stereocenters. The largest absolute Gasteiger partial charge is 0.328 e. The molecule has 0 aliphatic heterocycles. The summed E-state index contributed by atoms with van der Waals surface area (Å²) in [4.78, 5) is 0. The second-order valence-electron chi connectivity index (χ2n) is 4.00. The van der Waals surface area contributed by atoms with Crippen LogP contribution in [0.3, 0.4) is 0 Å². The molecule has 4 nitrogen and oxygen atoms in total. The van der Waals surface area contributed by atoms with Crippen LogP contribution in [-0.2, 0) is 6.54 Å². The van der Waals surface area contributed by atoms with Crippen molar-refractivity contribution in [1.82, 2.24) is 9.78 Å². The van der Waals surface area contributed by atoms with E-state index in [9.17, 15) is 0 Å². The van der Waals surface area contributed by atoms with Crippen molar-refractivity contribution in [3.05, 3.63) is 18.0 Å². The second kappa shape index (κ2) is 3.81. The number of hydrogen-bond acceptors (Lipinski definition) is 3. The molecule has 0 aromatic carbocycles. The lowest BCUT2D eigenvalue weighted by atomic mass is 10.1. The highest BCUT2D eigenvalue weighted by molar-refractivity contribution is 5.21. The predicted octanol–water partition coefficient (Wildman–Crippen LogP) is 0.882. The highest BCUT2D eigenvalue weighted by atomic mass is 15.3. The lowest BCUT2D eigenvalue weighted by molar-refractivity contribution is 0.424. The molecule has 2 atom stereocenters. The van der Waals surface area contributed by atoms with E-state index in [1.807, 2.05) is 4.68 Å². The van der Waals surface area contributed by atoms with E-state index in [1.54, 1.807) is 12.4 Å². The van der Waals surface area contributed by atoms with Crippen LogP contribution < -0.4 is 5.73 Å². The van der Waals surface area contributed by atoms with Gasteiger partial charge in [0.15, 0.2) is 0 Å². The highest BCUT2D eigenvalue weighted by Crippen LogP contribution is 2.25. The number of hydrogen-bond donors (Lipinski definition) is 1. The fraction of sp³-hybridized carbons (Fsp3) is 0.600. The van der Waals surface area contributed by atoms with Crippen molar-refractivity contribution in [3.8, 4) is 6.07 Å². The minimum atomic E-state index is 0.367. The van der Waals surface area contributed by atoms with Crippen LogP contribution in [0, 0.1) is 17.2 Å². The first-order valence-electron chi connectivity index (χ1n) is 4.96. The van der Waals surface area contributed by atoms with E-state index in [4.69, 9.17) is 11.0 Å². The Bertz CT molecular complexity index is 349. The number of rotatable bonds is 2. The first kappa shape index (κ1) is 9.22. The Kier molecular flexibility index (Phi) is 2.51. The third kappa shape index (κ3) is 1.94. The maximum absolute atomic E-state index is 8.63. The van der Waals surface area contributed by atoms with Gasteiger partial charge < -0.3 is 5.73 Å². The van der Waals surface area contributed by atoms with E-state index < -0.39 is 0 Å². The molecule has 1 aliphatic carbocycles. The van der Waals surface area contributed by atoms with Crippen LogP contribution in [0.4, 0.5) is 0 Å². The van der Waals surface area contributed by atoms with Gasteiger partial charge >= 0.3 is 0 Å². The Morgan fingerprint density at radius 2 is 2.50 bits per heavy atom. The molecule has 0 bridgehead atoms. The average Bonchev–Trinajstić information content (AvgIpc) is 2.76. The third-order valence-corrected chi connectivity index (χ3v) is 2.79. The van der Waals surface area contributed by atoms with Gasteiger partial charge in [0.2, 0.25) is 0 Å². The molecule has 0 radical (unpaired) electrons. The molecule has 0 amide bonds. The van der Waals surface area contributed by atoms with E-state index in [-0.39, 0.29) is 0 Å². The first-order valence-corrected chi connectivity index (χ1v) is 4.96. The monoisotopic (exact) mass is 190 g/mol. The number of nitrogens with two attached hydrogens (primary N) is 1. The zero-order valence-corrected chi connectivity index (χ0v) is 8.06. The van der Waals surface area contributed by atoms with Gasteiger partial charge in [0.1, 0.15) is 6.07 Å². The van der Waals surface area contributed by atoms with Gasteiger partial charge in [-0.2, -0.15) is 10.4 Å². The maximum atomic E-state index is 8.63. The van der Waals surface area contributed by atoms with E-state index >= 15 is 0 Å². The lowest BCUT2D eigenvalue weighted by Crippen LogP contribution is -2.16. The van der Waals surface area contributed by atoms with Gasteiger partial charge in [-0.15, -0.1) is 0 Å². The minimum absolute atomic E-state index is 0.367. The van der Waals surface area contributed by atoms with Crippen molar-refractivity contribution in [2.75, 3.05) is 0 Å². The molecule has 0 saturated heterocycles. The van der Waals surface area contributed by atoms with Crippen molar-refractivity contribution in [2.24, 2.45) is 11.7 Å². The Morgan fingerprint density at radius 3 is 3.07 bits per heavy atom. The average molecular weight is 190 g/mol. The molecule has 1 aromatic heterocycles. The molecule has 1 aromatic rings. The summed E-state index contributed by atoms with van der Waals surface area (Å²) in [6.07, 6.45) is 6.79. The molecular weight excluding hydrogens is 176 g/mol. The topological polar surface area (TPSA) is 67.6 Å². The molecule has 1 aliphatic rings. The van der Waals surface area contributed by atoms with Gasteiger partial charge in [0, 0.05) is 18.8 Å². The van der Waals surface area contributed by atoms with Gasteiger partial charge in [0.05, 0.1) is 11.8 Å². The standard InChI is InChI=1S/C10H14N4/c11-4-9-5-13-14(7-9)6-8-1-2-10(12)3-8/h5,7-8,10H,1-3,6,12H2. The van der Waals surface area contributed by atoms with E-state index in [0.717, 1.165) is 19.4 Å². The normalized spacial score (nSPS) is 26.3. The summed E-state index contributed by atoms with van der Waals surface area (Å²) in [6.45, 7) is 0.898. The lowest BCUT2D eigenvalue weighted by Gasteiger charge is -2.08. The smallest absolute Gasteiger partial charge is 0.102 e. The summed E-state index contributed by atoms with van der Waals surface area (Å²) in [7, 11) is 0. The summed E-state index contributed by atoms with van der Waals surface area (Å²) >= 11 is 0. The van der Waals surface area contributed by atoms with Gasteiger partial charge in [-0.25, -0.2) is 0 Å². The van der Waals surface area contributed by atoms with Crippen LogP contribution in [0.5, 0.6) is 0 Å².